The van der Waals surface area contributed by atoms with Gasteiger partial charge in [-0.15, -0.1) is 0 Å². The van der Waals surface area contributed by atoms with Crippen LogP contribution in [0.2, 0.25) is 0 Å². The zero-order valence-electron chi connectivity index (χ0n) is 10.4. The van der Waals surface area contributed by atoms with E-state index in [9.17, 15) is 4.79 Å². The summed E-state index contributed by atoms with van der Waals surface area (Å²) in [6, 6.07) is 1.72. The second-order valence-corrected chi connectivity index (χ2v) is 4.74. The first kappa shape index (κ1) is 12.1. The third-order valence-corrected chi connectivity index (χ3v) is 3.14. The number of likely N-dealkylation sites (tertiary alicyclic amines) is 1. The fourth-order valence-electron chi connectivity index (χ4n) is 2.27. The molecule has 1 amide bonds. The minimum atomic E-state index is -0.202. The number of nitrogens with one attached hydrogen (secondary N) is 1. The van der Waals surface area contributed by atoms with Gasteiger partial charge in [0.25, 0.3) is 5.91 Å². The van der Waals surface area contributed by atoms with Crippen molar-refractivity contribution in [3.8, 4) is 0 Å². The molecular weight excluding hydrogens is 218 g/mol. The van der Waals surface area contributed by atoms with Gasteiger partial charge in [0.15, 0.2) is 11.5 Å². The summed E-state index contributed by atoms with van der Waals surface area (Å²) in [4.78, 5) is 13.7. The molecule has 1 atom stereocenters. The highest BCUT2D eigenvalue weighted by molar-refractivity contribution is 5.91. The molecule has 5 heteroatoms. The molecule has 94 valence electrons. The maximum atomic E-state index is 11.3. The largest absolute Gasteiger partial charge is 0.359 e. The molecular formula is C12H19N3O2. The average Bonchev–Trinajstić information content (AvgIpc) is 2.76. The Morgan fingerprint density at radius 3 is 3.24 bits per heavy atom. The van der Waals surface area contributed by atoms with Crippen molar-refractivity contribution in [3.63, 3.8) is 0 Å². The number of amides is 1. The molecule has 17 heavy (non-hydrogen) atoms. The van der Waals surface area contributed by atoms with Gasteiger partial charge in [-0.2, -0.15) is 0 Å². The van der Waals surface area contributed by atoms with Gasteiger partial charge in [0.2, 0.25) is 0 Å². The van der Waals surface area contributed by atoms with Crippen molar-refractivity contribution >= 4 is 5.91 Å². The van der Waals surface area contributed by atoms with E-state index >= 15 is 0 Å². The Morgan fingerprint density at radius 2 is 2.53 bits per heavy atom. The highest BCUT2D eigenvalue weighted by Crippen LogP contribution is 2.18. The van der Waals surface area contributed by atoms with E-state index < -0.39 is 0 Å². The van der Waals surface area contributed by atoms with Crippen molar-refractivity contribution in [2.75, 3.05) is 20.1 Å². The van der Waals surface area contributed by atoms with Gasteiger partial charge in [-0.1, -0.05) is 12.1 Å². The molecule has 1 aromatic heterocycles. The molecule has 1 aliphatic rings. The van der Waals surface area contributed by atoms with Gasteiger partial charge < -0.3 is 9.84 Å². The van der Waals surface area contributed by atoms with Crippen molar-refractivity contribution in [1.29, 1.82) is 0 Å². The van der Waals surface area contributed by atoms with Crippen molar-refractivity contribution in [2.45, 2.75) is 26.3 Å². The zero-order chi connectivity index (χ0) is 12.3. The van der Waals surface area contributed by atoms with Crippen molar-refractivity contribution in [1.82, 2.24) is 15.4 Å². The lowest BCUT2D eigenvalue weighted by Crippen LogP contribution is -2.33. The first-order valence-electron chi connectivity index (χ1n) is 6.09. The van der Waals surface area contributed by atoms with E-state index in [1.54, 1.807) is 13.1 Å². The predicted octanol–water partition coefficient (Wildman–Crippen LogP) is 1.27. The van der Waals surface area contributed by atoms with Gasteiger partial charge in [-0.25, -0.2) is 0 Å². The molecule has 0 spiro atoms. The number of hydrogen-bond acceptors (Lipinski definition) is 4. The molecule has 1 unspecified atom stereocenters. The maximum absolute atomic E-state index is 11.3. The summed E-state index contributed by atoms with van der Waals surface area (Å²) in [6.07, 6.45) is 2.54. The van der Waals surface area contributed by atoms with Crippen LogP contribution < -0.4 is 5.32 Å². The fourth-order valence-corrected chi connectivity index (χ4v) is 2.27. The van der Waals surface area contributed by atoms with E-state index in [0.29, 0.717) is 5.69 Å². The predicted molar refractivity (Wildman–Crippen MR) is 63.6 cm³/mol. The Labute approximate surface area is 101 Å². The molecule has 2 rings (SSSR count). The minimum absolute atomic E-state index is 0.202. The summed E-state index contributed by atoms with van der Waals surface area (Å²) >= 11 is 0. The molecule has 1 saturated heterocycles. The van der Waals surface area contributed by atoms with E-state index in [2.05, 4.69) is 22.3 Å². The molecule has 0 aliphatic carbocycles. The van der Waals surface area contributed by atoms with Crippen LogP contribution in [-0.2, 0) is 6.54 Å². The number of hydrogen-bond donors (Lipinski definition) is 1. The Hall–Kier alpha value is -1.36. The standard InChI is InChI=1S/C12H19N3O2/c1-9-4-3-5-15(7-9)8-10-6-11(14-17-10)12(16)13-2/h6,9H,3-5,7-8H2,1-2H3,(H,13,16). The summed E-state index contributed by atoms with van der Waals surface area (Å²) in [6.45, 7) is 5.20. The van der Waals surface area contributed by atoms with Crippen molar-refractivity contribution in [3.05, 3.63) is 17.5 Å². The third-order valence-electron chi connectivity index (χ3n) is 3.14. The van der Waals surface area contributed by atoms with E-state index in [4.69, 9.17) is 4.52 Å². The van der Waals surface area contributed by atoms with E-state index in [0.717, 1.165) is 31.3 Å². The lowest BCUT2D eigenvalue weighted by Gasteiger charge is -2.29. The lowest BCUT2D eigenvalue weighted by atomic mass is 10.0. The van der Waals surface area contributed by atoms with Gasteiger partial charge in [0.05, 0.1) is 6.54 Å². The van der Waals surface area contributed by atoms with Crippen LogP contribution in [0.1, 0.15) is 36.0 Å². The van der Waals surface area contributed by atoms with Gasteiger partial charge >= 0.3 is 0 Å². The number of nitrogens with zero attached hydrogens (tertiary/aromatic N) is 2. The number of rotatable bonds is 3. The molecule has 2 heterocycles. The quantitative estimate of drug-likeness (QED) is 0.860. The van der Waals surface area contributed by atoms with Crippen LogP contribution in [0.5, 0.6) is 0 Å². The Morgan fingerprint density at radius 1 is 1.71 bits per heavy atom. The third kappa shape index (κ3) is 3.06. The lowest BCUT2D eigenvalue weighted by molar-refractivity contribution is 0.0953. The first-order valence-corrected chi connectivity index (χ1v) is 6.09. The van der Waals surface area contributed by atoms with Crippen LogP contribution in [0.4, 0.5) is 0 Å². The Bertz CT molecular complexity index is 389. The van der Waals surface area contributed by atoms with Crippen LogP contribution in [0.3, 0.4) is 0 Å². The Kier molecular flexibility index (Phi) is 3.78. The van der Waals surface area contributed by atoms with Gasteiger partial charge in [0.1, 0.15) is 0 Å². The Balaban J connectivity index is 1.94. The topological polar surface area (TPSA) is 58.4 Å². The molecule has 0 bridgehead atoms. The van der Waals surface area contributed by atoms with Crippen molar-refractivity contribution in [2.24, 2.45) is 5.92 Å². The summed E-state index contributed by atoms with van der Waals surface area (Å²) in [5.74, 6) is 1.30. The van der Waals surface area contributed by atoms with Gasteiger partial charge in [-0.3, -0.25) is 9.69 Å². The molecule has 0 aromatic carbocycles. The summed E-state index contributed by atoms with van der Waals surface area (Å²) < 4.78 is 5.17. The van der Waals surface area contributed by atoms with E-state index in [1.165, 1.54) is 12.8 Å². The molecule has 5 nitrogen and oxygen atoms in total. The molecule has 1 aliphatic heterocycles. The van der Waals surface area contributed by atoms with Gasteiger partial charge in [0, 0.05) is 19.7 Å². The summed E-state index contributed by atoms with van der Waals surface area (Å²) in [5, 5.41) is 6.29. The number of carbonyl (C=O) groups excluding carboxylic acids is 1. The molecule has 0 saturated carbocycles. The maximum Gasteiger partial charge on any atom is 0.273 e. The SMILES string of the molecule is CNC(=O)c1cc(CN2CCCC(C)C2)on1. The van der Waals surface area contributed by atoms with Crippen LogP contribution in [0, 0.1) is 5.92 Å². The van der Waals surface area contributed by atoms with Gasteiger partial charge in [-0.05, 0) is 25.3 Å². The zero-order valence-corrected chi connectivity index (χ0v) is 10.4. The van der Waals surface area contributed by atoms with Crippen molar-refractivity contribution < 1.29 is 9.32 Å². The van der Waals surface area contributed by atoms with Crippen LogP contribution >= 0.6 is 0 Å². The monoisotopic (exact) mass is 237 g/mol. The smallest absolute Gasteiger partial charge is 0.273 e. The van der Waals surface area contributed by atoms with E-state index in [1.807, 2.05) is 0 Å². The highest BCUT2D eigenvalue weighted by Gasteiger charge is 2.18. The second kappa shape index (κ2) is 5.31. The molecule has 0 radical (unpaired) electrons. The summed E-state index contributed by atoms with van der Waals surface area (Å²) in [5.41, 5.74) is 0.354. The molecule has 1 fully saturated rings. The summed E-state index contributed by atoms with van der Waals surface area (Å²) in [7, 11) is 1.59. The molecule has 1 N–H and O–H groups in total. The first-order chi connectivity index (χ1) is 8.19. The number of carbonyl (C=O) groups is 1. The number of piperidine rings is 1. The van der Waals surface area contributed by atoms with Crippen LogP contribution in [0.25, 0.3) is 0 Å². The van der Waals surface area contributed by atoms with E-state index in [-0.39, 0.29) is 5.91 Å². The average molecular weight is 237 g/mol. The molecule has 1 aromatic rings. The highest BCUT2D eigenvalue weighted by atomic mass is 16.5. The van der Waals surface area contributed by atoms with Crippen LogP contribution in [-0.4, -0.2) is 36.1 Å². The second-order valence-electron chi connectivity index (χ2n) is 4.74. The normalized spacial score (nSPS) is 21.4. The minimum Gasteiger partial charge on any atom is -0.359 e. The van der Waals surface area contributed by atoms with Crippen LogP contribution in [0.15, 0.2) is 10.6 Å². The fraction of sp³-hybridized carbons (Fsp3) is 0.667. The number of aromatic nitrogens is 1.